The molecule has 0 aliphatic rings. The van der Waals surface area contributed by atoms with Gasteiger partial charge in [0.15, 0.2) is 0 Å². The SMILES string of the molecule is Cc1ccc(Br)cc1S(=O)(=O)NNC(=O)c1ccccc1O. The summed E-state index contributed by atoms with van der Waals surface area (Å²) in [6.45, 7) is 1.64. The van der Waals surface area contributed by atoms with E-state index >= 15 is 0 Å². The molecule has 1 amide bonds. The van der Waals surface area contributed by atoms with Gasteiger partial charge in [0.25, 0.3) is 15.9 Å². The molecule has 0 bridgehead atoms. The van der Waals surface area contributed by atoms with E-state index in [-0.39, 0.29) is 16.2 Å². The molecule has 0 atom stereocenters. The Morgan fingerprint density at radius 2 is 1.86 bits per heavy atom. The highest BCUT2D eigenvalue weighted by Crippen LogP contribution is 2.20. The maximum absolute atomic E-state index is 12.2. The van der Waals surface area contributed by atoms with Crippen LogP contribution in [0.4, 0.5) is 0 Å². The van der Waals surface area contributed by atoms with Crippen LogP contribution >= 0.6 is 15.9 Å². The highest BCUT2D eigenvalue weighted by atomic mass is 79.9. The number of hydrogen-bond donors (Lipinski definition) is 3. The zero-order chi connectivity index (χ0) is 16.3. The number of hydrogen-bond acceptors (Lipinski definition) is 4. The molecule has 0 heterocycles. The first-order valence-corrected chi connectivity index (χ1v) is 8.45. The number of phenolic OH excluding ortho intramolecular Hbond substituents is 1. The quantitative estimate of drug-likeness (QED) is 0.703. The standard InChI is InChI=1S/C14H13BrN2O4S/c1-9-6-7-10(15)8-13(9)22(20,21)17-16-14(19)11-4-2-3-5-12(11)18/h2-8,17-18H,1H3,(H,16,19). The fourth-order valence-corrected chi connectivity index (χ4v) is 3.39. The predicted octanol–water partition coefficient (Wildman–Crippen LogP) is 2.09. The fourth-order valence-electron chi connectivity index (χ4n) is 1.76. The Labute approximate surface area is 136 Å². The second-order valence-electron chi connectivity index (χ2n) is 4.49. The number of carbonyl (C=O) groups excluding carboxylic acids is 1. The minimum Gasteiger partial charge on any atom is -0.507 e. The van der Waals surface area contributed by atoms with Crippen molar-refractivity contribution in [1.82, 2.24) is 10.3 Å². The zero-order valence-corrected chi connectivity index (χ0v) is 13.9. The van der Waals surface area contributed by atoms with Crippen LogP contribution in [0.5, 0.6) is 5.75 Å². The number of phenols is 1. The minimum absolute atomic E-state index is 0.0313. The van der Waals surface area contributed by atoms with Crippen LogP contribution in [0.25, 0.3) is 0 Å². The summed E-state index contributed by atoms with van der Waals surface area (Å²) in [6, 6.07) is 10.6. The molecule has 0 unspecified atom stereocenters. The number of amides is 1. The number of carbonyl (C=O) groups is 1. The van der Waals surface area contributed by atoms with E-state index in [0.29, 0.717) is 10.0 Å². The molecule has 0 fully saturated rings. The number of rotatable bonds is 4. The van der Waals surface area contributed by atoms with Gasteiger partial charge in [-0.1, -0.05) is 34.1 Å². The Kier molecular flexibility index (Phi) is 4.84. The van der Waals surface area contributed by atoms with Gasteiger partial charge in [0, 0.05) is 4.47 Å². The van der Waals surface area contributed by atoms with Gasteiger partial charge in [0.1, 0.15) is 5.75 Å². The van der Waals surface area contributed by atoms with Crippen molar-refractivity contribution in [3.05, 3.63) is 58.1 Å². The van der Waals surface area contributed by atoms with E-state index in [1.54, 1.807) is 31.2 Å². The molecule has 0 saturated carbocycles. The third-order valence-electron chi connectivity index (χ3n) is 2.89. The lowest BCUT2D eigenvalue weighted by Crippen LogP contribution is -2.41. The van der Waals surface area contributed by atoms with Crippen LogP contribution < -0.4 is 10.3 Å². The number of aryl methyl sites for hydroxylation is 1. The Bertz CT molecular complexity index is 821. The summed E-state index contributed by atoms with van der Waals surface area (Å²) in [5, 5.41) is 9.56. The molecule has 0 saturated heterocycles. The number of halogens is 1. The van der Waals surface area contributed by atoms with Gasteiger partial charge in [-0.05, 0) is 36.8 Å². The second-order valence-corrected chi connectivity index (χ2v) is 7.05. The highest BCUT2D eigenvalue weighted by Gasteiger charge is 2.19. The first kappa shape index (κ1) is 16.5. The van der Waals surface area contributed by atoms with Gasteiger partial charge >= 0.3 is 0 Å². The van der Waals surface area contributed by atoms with Crippen molar-refractivity contribution < 1.29 is 18.3 Å². The largest absolute Gasteiger partial charge is 0.507 e. The number of hydrazine groups is 1. The molecular weight excluding hydrogens is 372 g/mol. The number of sulfonamides is 1. The molecule has 22 heavy (non-hydrogen) atoms. The normalized spacial score (nSPS) is 11.2. The van der Waals surface area contributed by atoms with Crippen molar-refractivity contribution >= 4 is 31.9 Å². The van der Waals surface area contributed by atoms with Crippen LogP contribution in [0.1, 0.15) is 15.9 Å². The third-order valence-corrected chi connectivity index (χ3v) is 4.77. The molecule has 2 aromatic carbocycles. The van der Waals surface area contributed by atoms with Crippen molar-refractivity contribution in [3.63, 3.8) is 0 Å². The highest BCUT2D eigenvalue weighted by molar-refractivity contribution is 9.10. The molecule has 8 heteroatoms. The maximum atomic E-state index is 12.2. The number of aromatic hydroxyl groups is 1. The fraction of sp³-hybridized carbons (Fsp3) is 0.0714. The van der Waals surface area contributed by atoms with E-state index in [1.165, 1.54) is 18.2 Å². The van der Waals surface area contributed by atoms with E-state index in [2.05, 4.69) is 21.4 Å². The van der Waals surface area contributed by atoms with Crippen LogP contribution in [0, 0.1) is 6.92 Å². The van der Waals surface area contributed by atoms with E-state index in [4.69, 9.17) is 0 Å². The Morgan fingerprint density at radius 1 is 1.18 bits per heavy atom. The summed E-state index contributed by atoms with van der Waals surface area (Å²) >= 11 is 3.20. The van der Waals surface area contributed by atoms with E-state index in [1.807, 2.05) is 4.83 Å². The molecule has 0 spiro atoms. The van der Waals surface area contributed by atoms with Gasteiger partial charge in [-0.3, -0.25) is 10.2 Å². The van der Waals surface area contributed by atoms with E-state index < -0.39 is 15.9 Å². The van der Waals surface area contributed by atoms with Crippen LogP contribution in [0.3, 0.4) is 0 Å². The summed E-state index contributed by atoms with van der Waals surface area (Å²) in [6.07, 6.45) is 0. The molecular formula is C14H13BrN2O4S. The van der Waals surface area contributed by atoms with Gasteiger partial charge in [-0.2, -0.15) is 0 Å². The van der Waals surface area contributed by atoms with Crippen molar-refractivity contribution in [1.29, 1.82) is 0 Å². The van der Waals surface area contributed by atoms with Gasteiger partial charge in [0.2, 0.25) is 0 Å². The van der Waals surface area contributed by atoms with Crippen LogP contribution in [0.15, 0.2) is 51.8 Å². The Morgan fingerprint density at radius 3 is 2.55 bits per heavy atom. The predicted molar refractivity (Wildman–Crippen MR) is 84.8 cm³/mol. The van der Waals surface area contributed by atoms with Gasteiger partial charge in [-0.25, -0.2) is 8.42 Å². The number of nitrogens with one attached hydrogen (secondary N) is 2. The third kappa shape index (κ3) is 3.65. The van der Waals surface area contributed by atoms with Crippen LogP contribution in [-0.2, 0) is 10.0 Å². The lowest BCUT2D eigenvalue weighted by molar-refractivity contribution is 0.0942. The Balaban J connectivity index is 2.18. The lowest BCUT2D eigenvalue weighted by atomic mass is 10.2. The first-order chi connectivity index (χ1) is 10.3. The van der Waals surface area contributed by atoms with Crippen molar-refractivity contribution in [2.24, 2.45) is 0 Å². The van der Waals surface area contributed by atoms with Gasteiger partial charge in [0.05, 0.1) is 10.5 Å². The topological polar surface area (TPSA) is 95.5 Å². The first-order valence-electron chi connectivity index (χ1n) is 6.17. The summed E-state index contributed by atoms with van der Waals surface area (Å²) in [5.74, 6) is -0.993. The number of benzene rings is 2. The molecule has 2 aromatic rings. The smallest absolute Gasteiger partial charge is 0.269 e. The summed E-state index contributed by atoms with van der Waals surface area (Å²) in [7, 11) is -3.92. The monoisotopic (exact) mass is 384 g/mol. The number of para-hydroxylation sites is 1. The lowest BCUT2D eigenvalue weighted by Gasteiger charge is -2.11. The second kappa shape index (κ2) is 6.47. The molecule has 2 rings (SSSR count). The Hall–Kier alpha value is -1.90. The minimum atomic E-state index is -3.92. The van der Waals surface area contributed by atoms with Crippen molar-refractivity contribution in [2.75, 3.05) is 0 Å². The molecule has 6 nitrogen and oxygen atoms in total. The van der Waals surface area contributed by atoms with Crippen molar-refractivity contribution in [2.45, 2.75) is 11.8 Å². The maximum Gasteiger partial charge on any atom is 0.269 e. The average Bonchev–Trinajstić information content (AvgIpc) is 2.48. The van der Waals surface area contributed by atoms with E-state index in [0.717, 1.165) is 0 Å². The average molecular weight is 385 g/mol. The molecule has 0 radical (unpaired) electrons. The van der Waals surface area contributed by atoms with E-state index in [9.17, 15) is 18.3 Å². The van der Waals surface area contributed by atoms with Crippen molar-refractivity contribution in [3.8, 4) is 5.75 Å². The molecule has 0 aliphatic carbocycles. The molecule has 116 valence electrons. The van der Waals surface area contributed by atoms with Gasteiger partial charge < -0.3 is 5.11 Å². The zero-order valence-electron chi connectivity index (χ0n) is 11.5. The van der Waals surface area contributed by atoms with Crippen LogP contribution in [0.2, 0.25) is 0 Å². The van der Waals surface area contributed by atoms with Gasteiger partial charge in [-0.15, -0.1) is 4.83 Å². The molecule has 0 aromatic heterocycles. The molecule has 0 aliphatic heterocycles. The van der Waals surface area contributed by atoms with Crippen LogP contribution in [-0.4, -0.2) is 19.4 Å². The molecule has 3 N–H and O–H groups in total. The summed E-state index contributed by atoms with van der Waals surface area (Å²) in [5.41, 5.74) is 2.58. The summed E-state index contributed by atoms with van der Waals surface area (Å²) < 4.78 is 25.0. The summed E-state index contributed by atoms with van der Waals surface area (Å²) in [4.78, 5) is 13.9.